The van der Waals surface area contributed by atoms with Crippen molar-refractivity contribution in [2.75, 3.05) is 7.11 Å². The highest BCUT2D eigenvalue weighted by atomic mass is 35.5. The maximum Gasteiger partial charge on any atom is 0.243 e. The number of halogens is 2. The molecule has 0 amide bonds. The van der Waals surface area contributed by atoms with Gasteiger partial charge in [-0.2, -0.15) is 0 Å². The number of sulfonamides is 1. The third-order valence-corrected chi connectivity index (χ3v) is 3.10. The Kier molecular flexibility index (Phi) is 3.26. The van der Waals surface area contributed by atoms with Crippen LogP contribution in [0, 0.1) is 0 Å². The van der Waals surface area contributed by atoms with Crippen LogP contribution in [0.2, 0.25) is 10.0 Å². The number of rotatable bonds is 2. The Hall–Kier alpha value is -0.490. The quantitative estimate of drug-likeness (QED) is 0.874. The lowest BCUT2D eigenvalue weighted by atomic mass is 10.3. The molecule has 0 unspecified atom stereocenters. The normalized spacial score (nSPS) is 11.4. The predicted molar refractivity (Wildman–Crippen MR) is 54.4 cm³/mol. The fourth-order valence-electron chi connectivity index (χ4n) is 0.964. The van der Waals surface area contributed by atoms with Gasteiger partial charge in [-0.25, -0.2) is 13.6 Å². The third kappa shape index (κ3) is 2.30. The smallest absolute Gasteiger partial charge is 0.243 e. The fraction of sp³-hybridized carbons (Fsp3) is 0.143. The van der Waals surface area contributed by atoms with Crippen molar-refractivity contribution in [3.05, 3.63) is 22.2 Å². The molecule has 1 aromatic carbocycles. The maximum absolute atomic E-state index is 11.1. The Balaban J connectivity index is 3.57. The molecule has 0 spiro atoms. The highest BCUT2D eigenvalue weighted by molar-refractivity contribution is 7.89. The maximum atomic E-state index is 11.1. The first-order valence-corrected chi connectivity index (χ1v) is 5.72. The summed E-state index contributed by atoms with van der Waals surface area (Å²) in [5, 5.41) is 5.17. The second kappa shape index (κ2) is 3.94. The van der Waals surface area contributed by atoms with Gasteiger partial charge in [-0.3, -0.25) is 0 Å². The average Bonchev–Trinajstić information content (AvgIpc) is 1.99. The van der Waals surface area contributed by atoms with Gasteiger partial charge in [0.2, 0.25) is 10.0 Å². The number of nitrogens with two attached hydrogens (primary N) is 1. The lowest BCUT2D eigenvalue weighted by Gasteiger charge is -2.08. The van der Waals surface area contributed by atoms with E-state index >= 15 is 0 Å². The van der Waals surface area contributed by atoms with E-state index in [1.807, 2.05) is 0 Å². The van der Waals surface area contributed by atoms with Crippen molar-refractivity contribution in [1.29, 1.82) is 0 Å². The van der Waals surface area contributed by atoms with Gasteiger partial charge in [-0.1, -0.05) is 23.2 Å². The van der Waals surface area contributed by atoms with Gasteiger partial charge in [-0.05, 0) is 6.07 Å². The lowest BCUT2D eigenvalue weighted by molar-refractivity contribution is 0.403. The average molecular weight is 256 g/mol. The van der Waals surface area contributed by atoms with Crippen LogP contribution < -0.4 is 9.88 Å². The van der Waals surface area contributed by atoms with Crippen molar-refractivity contribution in [3.63, 3.8) is 0 Å². The van der Waals surface area contributed by atoms with Crippen LogP contribution in [0.5, 0.6) is 5.75 Å². The van der Waals surface area contributed by atoms with E-state index < -0.39 is 10.0 Å². The lowest BCUT2D eigenvalue weighted by Crippen LogP contribution is -2.14. The molecule has 1 rings (SSSR count). The molecule has 0 heterocycles. The second-order valence-corrected chi connectivity index (χ2v) is 4.81. The molecule has 0 bridgehead atoms. The summed E-state index contributed by atoms with van der Waals surface area (Å²) in [7, 11) is -2.61. The van der Waals surface area contributed by atoms with E-state index in [1.165, 1.54) is 19.2 Å². The minimum absolute atomic E-state index is 0.0324. The second-order valence-electron chi connectivity index (χ2n) is 2.46. The summed E-state index contributed by atoms with van der Waals surface area (Å²) in [6, 6.07) is 2.61. The summed E-state index contributed by atoms with van der Waals surface area (Å²) >= 11 is 11.3. The molecule has 0 radical (unpaired) electrons. The first kappa shape index (κ1) is 11.6. The summed E-state index contributed by atoms with van der Waals surface area (Å²) in [5.74, 6) is 0.0324. The van der Waals surface area contributed by atoms with Crippen LogP contribution in [0.1, 0.15) is 0 Å². The van der Waals surface area contributed by atoms with Gasteiger partial charge in [0.05, 0.1) is 12.1 Å². The summed E-state index contributed by atoms with van der Waals surface area (Å²) < 4.78 is 27.0. The first-order valence-electron chi connectivity index (χ1n) is 3.42. The van der Waals surface area contributed by atoms with Crippen LogP contribution in [-0.2, 0) is 10.0 Å². The monoisotopic (exact) mass is 255 g/mol. The molecular formula is C7H7Cl2NO3S. The Morgan fingerprint density at radius 1 is 1.36 bits per heavy atom. The van der Waals surface area contributed by atoms with Crippen molar-refractivity contribution in [1.82, 2.24) is 0 Å². The van der Waals surface area contributed by atoms with Gasteiger partial charge in [0.15, 0.2) is 0 Å². The molecule has 0 fully saturated rings. The molecule has 0 saturated carbocycles. The molecule has 0 atom stereocenters. The number of ether oxygens (including phenoxy) is 1. The number of hydrogen-bond acceptors (Lipinski definition) is 3. The molecule has 7 heteroatoms. The highest BCUT2D eigenvalue weighted by Crippen LogP contribution is 2.33. The molecule has 14 heavy (non-hydrogen) atoms. The van der Waals surface area contributed by atoms with E-state index in [2.05, 4.69) is 0 Å². The minimum Gasteiger partial charge on any atom is -0.495 e. The van der Waals surface area contributed by atoms with E-state index in [-0.39, 0.29) is 20.7 Å². The molecular weight excluding hydrogens is 249 g/mol. The van der Waals surface area contributed by atoms with Gasteiger partial charge in [0.25, 0.3) is 0 Å². The Morgan fingerprint density at radius 3 is 2.36 bits per heavy atom. The van der Waals surface area contributed by atoms with Gasteiger partial charge >= 0.3 is 0 Å². The molecule has 4 nitrogen and oxygen atoms in total. The van der Waals surface area contributed by atoms with Gasteiger partial charge in [0.1, 0.15) is 10.6 Å². The van der Waals surface area contributed by atoms with E-state index in [0.717, 1.165) is 0 Å². The van der Waals surface area contributed by atoms with Crippen molar-refractivity contribution < 1.29 is 13.2 Å². The van der Waals surface area contributed by atoms with Crippen molar-refractivity contribution in [2.45, 2.75) is 4.90 Å². The Bertz CT molecular complexity index is 458. The van der Waals surface area contributed by atoms with E-state index in [9.17, 15) is 8.42 Å². The summed E-state index contributed by atoms with van der Waals surface area (Å²) in [6.07, 6.45) is 0. The number of hydrogen-bond donors (Lipinski definition) is 1. The standard InChI is InChI=1S/C7H7Cl2NO3S/c1-13-6-3-4(8)2-5(9)7(6)14(10,11)12/h2-3H,1H3,(H2,10,11,12). The molecule has 78 valence electrons. The number of methoxy groups -OCH3 is 1. The fourth-order valence-corrected chi connectivity index (χ4v) is 2.52. The molecule has 0 saturated heterocycles. The zero-order valence-corrected chi connectivity index (χ0v) is 9.45. The summed E-state index contributed by atoms with van der Waals surface area (Å²) in [6.45, 7) is 0. The van der Waals surface area contributed by atoms with Gasteiger partial charge in [-0.15, -0.1) is 0 Å². The van der Waals surface area contributed by atoms with Crippen molar-refractivity contribution in [3.8, 4) is 5.75 Å². The molecule has 1 aromatic rings. The number of benzene rings is 1. The van der Waals surface area contributed by atoms with Crippen LogP contribution >= 0.6 is 23.2 Å². The topological polar surface area (TPSA) is 69.4 Å². The van der Waals surface area contributed by atoms with E-state index in [1.54, 1.807) is 0 Å². The van der Waals surface area contributed by atoms with Crippen LogP contribution in [0.15, 0.2) is 17.0 Å². The zero-order chi connectivity index (χ0) is 10.9. The van der Waals surface area contributed by atoms with Crippen LogP contribution in [0.4, 0.5) is 0 Å². The Morgan fingerprint density at radius 2 is 1.93 bits per heavy atom. The van der Waals surface area contributed by atoms with Crippen molar-refractivity contribution in [2.24, 2.45) is 5.14 Å². The highest BCUT2D eigenvalue weighted by Gasteiger charge is 2.19. The van der Waals surface area contributed by atoms with Crippen LogP contribution in [-0.4, -0.2) is 15.5 Å². The third-order valence-electron chi connectivity index (χ3n) is 1.48. The van der Waals surface area contributed by atoms with Crippen molar-refractivity contribution >= 4 is 33.2 Å². The molecule has 0 aromatic heterocycles. The Labute approximate surface area is 91.6 Å². The van der Waals surface area contributed by atoms with E-state index in [4.69, 9.17) is 33.1 Å². The molecule has 0 aliphatic rings. The molecule has 0 aliphatic carbocycles. The van der Waals surface area contributed by atoms with E-state index in [0.29, 0.717) is 0 Å². The predicted octanol–water partition coefficient (Wildman–Crippen LogP) is 1.65. The minimum atomic E-state index is -3.91. The molecule has 0 aliphatic heterocycles. The first-order chi connectivity index (χ1) is 6.36. The van der Waals surface area contributed by atoms with Gasteiger partial charge in [0, 0.05) is 11.1 Å². The summed E-state index contributed by atoms with van der Waals surface area (Å²) in [5.41, 5.74) is 0. The zero-order valence-electron chi connectivity index (χ0n) is 7.12. The molecule has 2 N–H and O–H groups in total. The van der Waals surface area contributed by atoms with Crippen LogP contribution in [0.25, 0.3) is 0 Å². The van der Waals surface area contributed by atoms with Crippen LogP contribution in [0.3, 0.4) is 0 Å². The van der Waals surface area contributed by atoms with Gasteiger partial charge < -0.3 is 4.74 Å². The number of primary sulfonamides is 1. The largest absolute Gasteiger partial charge is 0.495 e. The SMILES string of the molecule is COc1cc(Cl)cc(Cl)c1S(N)(=O)=O. The summed E-state index contributed by atoms with van der Waals surface area (Å²) in [4.78, 5) is -0.258.